The Morgan fingerprint density at radius 1 is 1.64 bits per heavy atom. The molecule has 5 heteroatoms. The molecule has 1 aromatic heterocycles. The fraction of sp³-hybridized carbons (Fsp3) is 0.588. The number of hydrogen-bond donors (Lipinski definition) is 1. The van der Waals surface area contributed by atoms with Crippen LogP contribution < -0.4 is 10.2 Å². The van der Waals surface area contributed by atoms with Crippen molar-refractivity contribution in [2.45, 2.75) is 45.6 Å². The highest BCUT2D eigenvalue weighted by Crippen LogP contribution is 2.24. The first kappa shape index (κ1) is 16.3. The molecule has 1 aliphatic rings. The van der Waals surface area contributed by atoms with Gasteiger partial charge in [-0.1, -0.05) is 13.3 Å². The quantitative estimate of drug-likeness (QED) is 0.907. The van der Waals surface area contributed by atoms with Gasteiger partial charge in [0.1, 0.15) is 11.9 Å². The highest BCUT2D eigenvalue weighted by Gasteiger charge is 2.28. The molecule has 0 radical (unpaired) electrons. The van der Waals surface area contributed by atoms with E-state index in [2.05, 4.69) is 35.1 Å². The Morgan fingerprint density at radius 3 is 3.18 bits per heavy atom. The number of hydrogen-bond acceptors (Lipinski definition) is 4. The van der Waals surface area contributed by atoms with Crippen molar-refractivity contribution in [3.63, 3.8) is 0 Å². The summed E-state index contributed by atoms with van der Waals surface area (Å²) in [5.41, 5.74) is 0.572. The van der Waals surface area contributed by atoms with E-state index in [1.165, 1.54) is 0 Å². The van der Waals surface area contributed by atoms with Crippen LogP contribution in [0.4, 0.5) is 5.82 Å². The standard InChI is InChI=1S/C17H24N4O/c1-3-6-13(2)20-17(22)15-8-5-10-21(12-15)16-14(11-18)7-4-9-19-16/h4,7,9,13,15H,3,5-6,8,10,12H2,1-2H3,(H,20,22)/t13-,15+/m0/s1. The number of pyridine rings is 1. The van der Waals surface area contributed by atoms with Crippen LogP contribution in [-0.2, 0) is 4.79 Å². The molecule has 118 valence electrons. The zero-order valence-electron chi connectivity index (χ0n) is 13.4. The van der Waals surface area contributed by atoms with Gasteiger partial charge in [0.25, 0.3) is 0 Å². The molecule has 0 bridgehead atoms. The average molecular weight is 300 g/mol. The maximum absolute atomic E-state index is 12.4. The lowest BCUT2D eigenvalue weighted by Gasteiger charge is -2.33. The number of nitrogens with one attached hydrogen (secondary N) is 1. The third-order valence-electron chi connectivity index (χ3n) is 4.11. The van der Waals surface area contributed by atoms with Gasteiger partial charge in [-0.05, 0) is 38.3 Å². The Labute approximate surface area is 132 Å². The summed E-state index contributed by atoms with van der Waals surface area (Å²) in [4.78, 5) is 18.8. The Hall–Kier alpha value is -2.09. The number of nitriles is 1. The van der Waals surface area contributed by atoms with Gasteiger partial charge in [-0.15, -0.1) is 0 Å². The maximum Gasteiger partial charge on any atom is 0.225 e. The van der Waals surface area contributed by atoms with E-state index in [1.807, 2.05) is 0 Å². The van der Waals surface area contributed by atoms with Crippen molar-refractivity contribution >= 4 is 11.7 Å². The molecule has 0 unspecified atom stereocenters. The second-order valence-corrected chi connectivity index (χ2v) is 5.97. The number of aromatic nitrogens is 1. The van der Waals surface area contributed by atoms with Gasteiger partial charge in [0, 0.05) is 25.3 Å². The summed E-state index contributed by atoms with van der Waals surface area (Å²) in [6, 6.07) is 5.94. The Balaban J connectivity index is 2.03. The molecule has 1 aliphatic heterocycles. The van der Waals surface area contributed by atoms with Crippen molar-refractivity contribution in [2.24, 2.45) is 5.92 Å². The van der Waals surface area contributed by atoms with Crippen molar-refractivity contribution in [1.82, 2.24) is 10.3 Å². The molecule has 0 aliphatic carbocycles. The summed E-state index contributed by atoms with van der Waals surface area (Å²) in [6.45, 7) is 5.65. The summed E-state index contributed by atoms with van der Waals surface area (Å²) in [6.07, 6.45) is 5.61. The lowest BCUT2D eigenvalue weighted by Crippen LogP contribution is -2.45. The predicted molar refractivity (Wildman–Crippen MR) is 86.4 cm³/mol. The highest BCUT2D eigenvalue weighted by atomic mass is 16.2. The fourth-order valence-electron chi connectivity index (χ4n) is 2.99. The van der Waals surface area contributed by atoms with Gasteiger partial charge < -0.3 is 10.2 Å². The Kier molecular flexibility index (Phi) is 5.76. The second kappa shape index (κ2) is 7.79. The summed E-state index contributed by atoms with van der Waals surface area (Å²) in [5, 5.41) is 12.3. The molecular formula is C17H24N4O. The molecule has 1 N–H and O–H groups in total. The average Bonchev–Trinajstić information content (AvgIpc) is 2.55. The van der Waals surface area contributed by atoms with Gasteiger partial charge >= 0.3 is 0 Å². The lowest BCUT2D eigenvalue weighted by molar-refractivity contribution is -0.125. The zero-order valence-corrected chi connectivity index (χ0v) is 13.4. The maximum atomic E-state index is 12.4. The van der Waals surface area contributed by atoms with Crippen LogP contribution in [0.2, 0.25) is 0 Å². The number of carbonyl (C=O) groups is 1. The molecule has 1 aromatic rings. The van der Waals surface area contributed by atoms with Gasteiger partial charge in [0.2, 0.25) is 5.91 Å². The molecule has 0 saturated carbocycles. The molecule has 0 aromatic carbocycles. The van der Waals surface area contributed by atoms with Crippen molar-refractivity contribution in [2.75, 3.05) is 18.0 Å². The largest absolute Gasteiger partial charge is 0.355 e. The first-order valence-electron chi connectivity index (χ1n) is 8.06. The zero-order chi connectivity index (χ0) is 15.9. The van der Waals surface area contributed by atoms with Crippen LogP contribution in [0.3, 0.4) is 0 Å². The smallest absolute Gasteiger partial charge is 0.225 e. The summed E-state index contributed by atoms with van der Waals surface area (Å²) >= 11 is 0. The minimum atomic E-state index is -0.0263. The molecule has 2 rings (SSSR count). The lowest BCUT2D eigenvalue weighted by atomic mass is 9.96. The number of amides is 1. The molecule has 1 fully saturated rings. The predicted octanol–water partition coefficient (Wildman–Crippen LogP) is 2.47. The second-order valence-electron chi connectivity index (χ2n) is 5.97. The third-order valence-corrected chi connectivity index (χ3v) is 4.11. The molecule has 2 atom stereocenters. The van der Waals surface area contributed by atoms with E-state index >= 15 is 0 Å². The van der Waals surface area contributed by atoms with Crippen LogP contribution >= 0.6 is 0 Å². The van der Waals surface area contributed by atoms with Crippen LogP contribution in [0.15, 0.2) is 18.3 Å². The van der Waals surface area contributed by atoms with Crippen molar-refractivity contribution < 1.29 is 4.79 Å². The Bertz CT molecular complexity index is 552. The van der Waals surface area contributed by atoms with Crippen molar-refractivity contribution in [1.29, 1.82) is 5.26 Å². The normalized spacial score (nSPS) is 19.3. The van der Waals surface area contributed by atoms with Gasteiger partial charge in [-0.25, -0.2) is 4.98 Å². The van der Waals surface area contributed by atoms with E-state index in [0.29, 0.717) is 17.9 Å². The van der Waals surface area contributed by atoms with Crippen LogP contribution in [0.25, 0.3) is 0 Å². The van der Waals surface area contributed by atoms with Crippen LogP contribution in [-0.4, -0.2) is 30.0 Å². The molecule has 1 amide bonds. The van der Waals surface area contributed by atoms with Crippen molar-refractivity contribution in [3.05, 3.63) is 23.9 Å². The van der Waals surface area contributed by atoms with Gasteiger partial charge in [-0.2, -0.15) is 5.26 Å². The molecule has 1 saturated heterocycles. The summed E-state index contributed by atoms with van der Waals surface area (Å²) < 4.78 is 0. The van der Waals surface area contributed by atoms with Gasteiger partial charge in [0.05, 0.1) is 11.5 Å². The summed E-state index contributed by atoms with van der Waals surface area (Å²) in [7, 11) is 0. The molecule has 2 heterocycles. The van der Waals surface area contributed by atoms with E-state index in [0.717, 1.165) is 32.2 Å². The fourth-order valence-corrected chi connectivity index (χ4v) is 2.99. The first-order chi connectivity index (χ1) is 10.7. The topological polar surface area (TPSA) is 69.0 Å². The van der Waals surface area contributed by atoms with Crippen LogP contribution in [0.5, 0.6) is 0 Å². The third kappa shape index (κ3) is 3.97. The van der Waals surface area contributed by atoms with Crippen LogP contribution in [0.1, 0.15) is 45.1 Å². The highest BCUT2D eigenvalue weighted by molar-refractivity contribution is 5.80. The molecular weight excluding hydrogens is 276 g/mol. The van der Waals surface area contributed by atoms with Gasteiger partial charge in [0.15, 0.2) is 0 Å². The van der Waals surface area contributed by atoms with Crippen molar-refractivity contribution in [3.8, 4) is 6.07 Å². The van der Waals surface area contributed by atoms with E-state index in [1.54, 1.807) is 18.3 Å². The molecule has 0 spiro atoms. The minimum absolute atomic E-state index is 0.0263. The Morgan fingerprint density at radius 2 is 2.45 bits per heavy atom. The first-order valence-corrected chi connectivity index (χ1v) is 8.06. The monoisotopic (exact) mass is 300 g/mol. The SMILES string of the molecule is CCC[C@H](C)NC(=O)[C@@H]1CCCN(c2ncccc2C#N)C1. The number of nitrogens with zero attached hydrogens (tertiary/aromatic N) is 3. The van der Waals surface area contributed by atoms with E-state index in [-0.39, 0.29) is 17.9 Å². The molecule has 5 nitrogen and oxygen atoms in total. The number of piperidine rings is 1. The summed E-state index contributed by atoms with van der Waals surface area (Å²) in [5.74, 6) is 0.797. The van der Waals surface area contributed by atoms with Crippen LogP contribution in [0, 0.1) is 17.2 Å². The van der Waals surface area contributed by atoms with E-state index in [9.17, 15) is 10.1 Å². The molecule has 22 heavy (non-hydrogen) atoms. The minimum Gasteiger partial charge on any atom is -0.355 e. The van der Waals surface area contributed by atoms with E-state index in [4.69, 9.17) is 0 Å². The number of anilines is 1. The van der Waals surface area contributed by atoms with Gasteiger partial charge in [-0.3, -0.25) is 4.79 Å². The number of rotatable bonds is 5. The number of carbonyl (C=O) groups excluding carboxylic acids is 1. The van der Waals surface area contributed by atoms with E-state index < -0.39 is 0 Å².